The highest BCUT2D eigenvalue weighted by Gasteiger charge is 2.22. The number of fused-ring (bicyclic) bond motifs is 2. The number of hydrogen-bond acceptors (Lipinski definition) is 5. The Morgan fingerprint density at radius 1 is 1.16 bits per heavy atom. The van der Waals surface area contributed by atoms with Crippen LogP contribution < -0.4 is 9.64 Å². The van der Waals surface area contributed by atoms with Gasteiger partial charge in [-0.1, -0.05) is 24.6 Å². The molecule has 1 atom stereocenters. The Balaban J connectivity index is 1.51. The molecular weight excluding hydrogens is 390 g/mol. The lowest BCUT2D eigenvalue weighted by molar-refractivity contribution is -0.890. The van der Waals surface area contributed by atoms with Crippen LogP contribution in [0.1, 0.15) is 36.5 Å². The van der Waals surface area contributed by atoms with Gasteiger partial charge in [0.2, 0.25) is 0 Å². The Labute approximate surface area is 182 Å². The molecule has 1 aliphatic heterocycles. The van der Waals surface area contributed by atoms with Crippen molar-refractivity contribution in [2.75, 3.05) is 20.7 Å². The zero-order valence-electron chi connectivity index (χ0n) is 18.1. The number of ether oxygens (including phenoxy) is 1. The molecule has 3 aromatic rings. The molecule has 7 nitrogen and oxygen atoms in total. The van der Waals surface area contributed by atoms with Gasteiger partial charge in [-0.25, -0.2) is 0 Å². The summed E-state index contributed by atoms with van der Waals surface area (Å²) in [6.45, 7) is 1.86. The minimum atomic E-state index is 0.0602. The highest BCUT2D eigenvalue weighted by Crippen LogP contribution is 2.22. The van der Waals surface area contributed by atoms with E-state index in [0.717, 1.165) is 71.6 Å². The van der Waals surface area contributed by atoms with Crippen LogP contribution in [0.4, 0.5) is 0 Å². The second kappa shape index (κ2) is 9.19. The fourth-order valence-corrected chi connectivity index (χ4v) is 4.21. The highest BCUT2D eigenvalue weighted by atomic mass is 16.5. The van der Waals surface area contributed by atoms with Crippen LogP contribution in [0.3, 0.4) is 0 Å². The van der Waals surface area contributed by atoms with Crippen LogP contribution >= 0.6 is 0 Å². The summed E-state index contributed by atoms with van der Waals surface area (Å²) in [6, 6.07) is 14.5. The monoisotopic (exact) mass is 418 g/mol. The normalized spacial score (nSPS) is 15.5. The predicted molar refractivity (Wildman–Crippen MR) is 119 cm³/mol. The fourth-order valence-electron chi connectivity index (χ4n) is 4.21. The van der Waals surface area contributed by atoms with E-state index in [9.17, 15) is 10.4 Å². The van der Waals surface area contributed by atoms with Crippen LogP contribution in [0, 0.1) is 11.3 Å². The van der Waals surface area contributed by atoms with Crippen molar-refractivity contribution < 1.29 is 14.7 Å². The Kier molecular flexibility index (Phi) is 6.19. The standard InChI is InChI=1S/C24H27N5O2/c1-28(15-17-7-8-19-13-20(31-2)10-9-18(19)12-17)16-22(30)21(14-25)24-27-26-23-6-4-3-5-11-29(23)24/h7-10,12-13,30H,3-6,11,15-16H2,1-2H3/p+1/b22-21-. The maximum atomic E-state index is 10.8. The van der Waals surface area contributed by atoms with E-state index < -0.39 is 0 Å². The molecule has 0 aliphatic carbocycles. The van der Waals surface area contributed by atoms with Gasteiger partial charge < -0.3 is 19.3 Å². The lowest BCUT2D eigenvalue weighted by atomic mass is 10.1. The van der Waals surface area contributed by atoms with Crippen LogP contribution in [0.5, 0.6) is 5.75 Å². The van der Waals surface area contributed by atoms with Gasteiger partial charge in [0, 0.05) is 18.5 Å². The van der Waals surface area contributed by atoms with Gasteiger partial charge in [-0.3, -0.25) is 0 Å². The van der Waals surface area contributed by atoms with Crippen molar-refractivity contribution in [2.45, 2.75) is 38.8 Å². The number of aliphatic hydroxyl groups is 1. The summed E-state index contributed by atoms with van der Waals surface area (Å²) in [5, 5.41) is 31.3. The topological polar surface area (TPSA) is 88.4 Å². The van der Waals surface area contributed by atoms with E-state index >= 15 is 0 Å². The van der Waals surface area contributed by atoms with Gasteiger partial charge >= 0.3 is 0 Å². The highest BCUT2D eigenvalue weighted by molar-refractivity contribution is 5.84. The van der Waals surface area contributed by atoms with Crippen LogP contribution in [-0.4, -0.2) is 40.6 Å². The first-order valence-corrected chi connectivity index (χ1v) is 10.7. The summed E-state index contributed by atoms with van der Waals surface area (Å²) in [5.41, 5.74) is 1.39. The first kappa shape index (κ1) is 20.9. The van der Waals surface area contributed by atoms with Crippen molar-refractivity contribution >= 4 is 16.3 Å². The van der Waals surface area contributed by atoms with Crippen LogP contribution in [0.15, 0.2) is 42.2 Å². The second-order valence-electron chi connectivity index (χ2n) is 8.19. The third-order valence-electron chi connectivity index (χ3n) is 5.82. The minimum absolute atomic E-state index is 0.0602. The molecule has 2 heterocycles. The fraction of sp³-hybridized carbons (Fsp3) is 0.375. The summed E-state index contributed by atoms with van der Waals surface area (Å²) >= 11 is 0. The van der Waals surface area contributed by atoms with Gasteiger partial charge in [-0.05, 0) is 41.8 Å². The lowest BCUT2D eigenvalue weighted by Crippen LogP contribution is -3.07. The second-order valence-corrected chi connectivity index (χ2v) is 8.19. The van der Waals surface area contributed by atoms with Crippen molar-refractivity contribution in [3.8, 4) is 11.8 Å². The molecular formula is C24H28N5O2+. The molecule has 4 rings (SSSR count). The van der Waals surface area contributed by atoms with Gasteiger partial charge in [0.05, 0.1) is 14.2 Å². The number of likely N-dealkylation sites (N-methyl/N-ethyl adjacent to an activating group) is 1. The van der Waals surface area contributed by atoms with Gasteiger partial charge in [0.15, 0.2) is 11.6 Å². The number of methoxy groups -OCH3 is 1. The Morgan fingerprint density at radius 3 is 2.77 bits per heavy atom. The first-order chi connectivity index (χ1) is 15.1. The van der Waals surface area contributed by atoms with Crippen molar-refractivity contribution in [3.63, 3.8) is 0 Å². The van der Waals surface area contributed by atoms with Gasteiger partial charge in [0.25, 0.3) is 0 Å². The SMILES string of the molecule is COc1ccc2cc(C[NH+](C)C/C(O)=C(\C#N)c3nnc4n3CCCCC4)ccc2c1. The molecule has 1 aromatic heterocycles. The summed E-state index contributed by atoms with van der Waals surface area (Å²) in [5.74, 6) is 2.30. The number of nitrogens with one attached hydrogen (secondary N) is 1. The Hall–Kier alpha value is -3.37. The number of nitriles is 1. The van der Waals surface area contributed by atoms with Crippen molar-refractivity contribution in [1.82, 2.24) is 14.8 Å². The quantitative estimate of drug-likeness (QED) is 0.475. The van der Waals surface area contributed by atoms with E-state index in [1.807, 2.05) is 23.7 Å². The summed E-state index contributed by atoms with van der Waals surface area (Å²) in [7, 11) is 3.67. The zero-order chi connectivity index (χ0) is 21.8. The molecule has 0 bridgehead atoms. The number of rotatable bonds is 6. The smallest absolute Gasteiger partial charge is 0.178 e. The summed E-state index contributed by atoms with van der Waals surface area (Å²) in [6.07, 6.45) is 4.13. The summed E-state index contributed by atoms with van der Waals surface area (Å²) in [4.78, 5) is 1.08. The molecule has 1 unspecified atom stereocenters. The van der Waals surface area contributed by atoms with E-state index in [1.54, 1.807) is 7.11 Å². The van der Waals surface area contributed by atoms with Crippen molar-refractivity contribution in [2.24, 2.45) is 0 Å². The predicted octanol–water partition coefficient (Wildman–Crippen LogP) is 2.67. The average Bonchev–Trinajstić information content (AvgIpc) is 3.01. The van der Waals surface area contributed by atoms with Crippen molar-refractivity contribution in [1.29, 1.82) is 5.26 Å². The molecule has 31 heavy (non-hydrogen) atoms. The third kappa shape index (κ3) is 4.54. The number of aryl methyl sites for hydroxylation is 1. The van der Waals surface area contributed by atoms with E-state index in [2.05, 4.69) is 40.5 Å². The maximum absolute atomic E-state index is 10.8. The van der Waals surface area contributed by atoms with Gasteiger partial charge in [-0.15, -0.1) is 10.2 Å². The molecule has 160 valence electrons. The van der Waals surface area contributed by atoms with Crippen LogP contribution in [0.25, 0.3) is 16.3 Å². The number of benzene rings is 2. The maximum Gasteiger partial charge on any atom is 0.178 e. The largest absolute Gasteiger partial charge is 0.506 e. The minimum Gasteiger partial charge on any atom is -0.506 e. The lowest BCUT2D eigenvalue weighted by Gasteiger charge is -2.15. The Bertz CT molecular complexity index is 1160. The molecule has 0 saturated heterocycles. The third-order valence-corrected chi connectivity index (χ3v) is 5.82. The molecule has 0 saturated carbocycles. The molecule has 7 heteroatoms. The molecule has 0 spiro atoms. The number of allylic oxidation sites excluding steroid dienone is 1. The molecule has 0 radical (unpaired) electrons. The summed E-state index contributed by atoms with van der Waals surface area (Å²) < 4.78 is 7.29. The Morgan fingerprint density at radius 2 is 1.97 bits per heavy atom. The number of hydrogen-bond donors (Lipinski definition) is 2. The molecule has 2 N–H and O–H groups in total. The van der Waals surface area contributed by atoms with Crippen LogP contribution in [-0.2, 0) is 19.5 Å². The van der Waals surface area contributed by atoms with Gasteiger partial charge in [-0.2, -0.15) is 5.26 Å². The van der Waals surface area contributed by atoms with E-state index in [-0.39, 0.29) is 11.3 Å². The number of nitrogens with zero attached hydrogens (tertiary/aromatic N) is 4. The van der Waals surface area contributed by atoms with Crippen LogP contribution in [0.2, 0.25) is 0 Å². The molecule has 2 aromatic carbocycles. The van der Waals surface area contributed by atoms with Crippen molar-refractivity contribution in [3.05, 3.63) is 59.4 Å². The number of quaternary nitrogens is 1. The zero-order valence-corrected chi connectivity index (χ0v) is 18.1. The molecule has 0 amide bonds. The molecule has 0 fully saturated rings. The molecule has 1 aliphatic rings. The van der Waals surface area contributed by atoms with Gasteiger partial charge in [0.1, 0.15) is 36.3 Å². The number of aromatic nitrogens is 3. The van der Waals surface area contributed by atoms with E-state index in [4.69, 9.17) is 4.74 Å². The average molecular weight is 419 g/mol. The van der Waals surface area contributed by atoms with E-state index in [1.165, 1.54) is 0 Å². The van der Waals surface area contributed by atoms with E-state index in [0.29, 0.717) is 12.4 Å². The number of aliphatic hydroxyl groups excluding tert-OH is 1. The first-order valence-electron chi connectivity index (χ1n) is 10.7.